The van der Waals surface area contributed by atoms with E-state index in [2.05, 4.69) is 31.4 Å². The molecular weight excluding hydrogens is 422 g/mol. The average Bonchev–Trinajstić information content (AvgIpc) is 3.15. The van der Waals surface area contributed by atoms with E-state index < -0.39 is 34.6 Å². The number of rotatable bonds is 8. The van der Waals surface area contributed by atoms with Crippen LogP contribution in [-0.4, -0.2) is 70.2 Å². The molecule has 0 aromatic heterocycles. The molecule has 3 rings (SSSR count). The van der Waals surface area contributed by atoms with Crippen LogP contribution in [-0.2, 0) is 19.1 Å². The fraction of sp³-hybridized carbons (Fsp3) is 0.880. The Bertz CT molecular complexity index is 806. The first-order chi connectivity index (χ1) is 15.1. The van der Waals surface area contributed by atoms with Crippen molar-refractivity contribution in [2.24, 2.45) is 23.2 Å². The number of hydrogen-bond acceptors (Lipinski definition) is 5. The van der Waals surface area contributed by atoms with Gasteiger partial charge in [0.2, 0.25) is 17.7 Å². The number of ether oxygens (including phenoxy) is 1. The van der Waals surface area contributed by atoms with E-state index in [-0.39, 0.29) is 42.2 Å². The van der Waals surface area contributed by atoms with Crippen molar-refractivity contribution < 1.29 is 24.2 Å². The summed E-state index contributed by atoms with van der Waals surface area (Å²) in [6.07, 6.45) is 2.07. The highest BCUT2D eigenvalue weighted by molar-refractivity contribution is 5.99. The molecule has 1 spiro atoms. The molecule has 6 atom stereocenters. The van der Waals surface area contributed by atoms with Gasteiger partial charge in [-0.2, -0.15) is 0 Å². The average molecular weight is 466 g/mol. The van der Waals surface area contributed by atoms with Crippen LogP contribution in [0.1, 0.15) is 74.7 Å². The second-order valence-electron chi connectivity index (χ2n) is 12.4. The van der Waals surface area contributed by atoms with Crippen molar-refractivity contribution >= 4 is 17.7 Å². The van der Waals surface area contributed by atoms with Gasteiger partial charge in [-0.1, -0.05) is 34.6 Å². The highest BCUT2D eigenvalue weighted by Gasteiger charge is 2.79. The minimum atomic E-state index is -1.07. The zero-order valence-electron chi connectivity index (χ0n) is 21.6. The van der Waals surface area contributed by atoms with Gasteiger partial charge in [-0.05, 0) is 51.4 Å². The minimum absolute atomic E-state index is 0.000642. The molecule has 3 aliphatic rings. The molecule has 3 fully saturated rings. The quantitative estimate of drug-likeness (QED) is 0.507. The molecule has 8 nitrogen and oxygen atoms in total. The summed E-state index contributed by atoms with van der Waals surface area (Å²) in [6.45, 7) is 16.5. The predicted octanol–water partition coefficient (Wildman–Crippen LogP) is 1.85. The van der Waals surface area contributed by atoms with Crippen molar-refractivity contribution in [3.8, 4) is 0 Å². The normalized spacial score (nSPS) is 35.7. The highest BCUT2D eigenvalue weighted by atomic mass is 16.5. The molecule has 0 aliphatic carbocycles. The Hall–Kier alpha value is -1.67. The molecule has 3 unspecified atom stereocenters. The summed E-state index contributed by atoms with van der Waals surface area (Å²) in [5.41, 5.74) is -2.39. The van der Waals surface area contributed by atoms with Crippen molar-refractivity contribution in [3.63, 3.8) is 0 Å². The number of nitrogens with zero attached hydrogens (tertiary/aromatic N) is 1. The van der Waals surface area contributed by atoms with Crippen LogP contribution in [0.4, 0.5) is 0 Å². The highest BCUT2D eigenvalue weighted by Crippen LogP contribution is 2.65. The Morgan fingerprint density at radius 2 is 1.85 bits per heavy atom. The van der Waals surface area contributed by atoms with Gasteiger partial charge in [0, 0.05) is 18.6 Å². The molecule has 188 valence electrons. The fourth-order valence-electron chi connectivity index (χ4n) is 6.92. The van der Waals surface area contributed by atoms with E-state index in [1.165, 1.54) is 4.90 Å². The number of nitrogens with one attached hydrogen (secondary N) is 2. The van der Waals surface area contributed by atoms with Crippen molar-refractivity contribution in [3.05, 3.63) is 0 Å². The molecular formula is C25H43N3O5. The Morgan fingerprint density at radius 1 is 1.21 bits per heavy atom. The molecule has 0 saturated carbocycles. The summed E-state index contributed by atoms with van der Waals surface area (Å²) in [6, 6.07) is -0.880. The number of hydrogen-bond donors (Lipinski definition) is 3. The first-order valence-corrected chi connectivity index (χ1v) is 12.3. The summed E-state index contributed by atoms with van der Waals surface area (Å²) < 4.78 is 6.63. The first-order valence-electron chi connectivity index (χ1n) is 12.3. The van der Waals surface area contributed by atoms with Gasteiger partial charge >= 0.3 is 0 Å². The van der Waals surface area contributed by atoms with Gasteiger partial charge in [-0.3, -0.25) is 14.4 Å². The van der Waals surface area contributed by atoms with Crippen LogP contribution in [0.25, 0.3) is 0 Å². The monoisotopic (exact) mass is 465 g/mol. The summed E-state index contributed by atoms with van der Waals surface area (Å²) in [5, 5.41) is 15.8. The lowest BCUT2D eigenvalue weighted by atomic mass is 9.62. The maximum atomic E-state index is 13.8. The van der Waals surface area contributed by atoms with Crippen LogP contribution >= 0.6 is 0 Å². The van der Waals surface area contributed by atoms with E-state index in [9.17, 15) is 19.5 Å². The third-order valence-electron chi connectivity index (χ3n) is 7.67. The SMILES string of the molecule is CCCNC(=O)[C@@H]1[C@H]2C(=O)N(CCO)C(C(=O)NC(C)(C)CC(C)(C)C)C23CC(C)[C@@]1(C)O3. The lowest BCUT2D eigenvalue weighted by molar-refractivity contribution is -0.148. The third kappa shape index (κ3) is 4.29. The topological polar surface area (TPSA) is 108 Å². The summed E-state index contributed by atoms with van der Waals surface area (Å²) in [4.78, 5) is 42.2. The van der Waals surface area contributed by atoms with Crippen LogP contribution in [0.15, 0.2) is 0 Å². The fourth-order valence-corrected chi connectivity index (χ4v) is 6.92. The van der Waals surface area contributed by atoms with Crippen molar-refractivity contribution in [2.75, 3.05) is 19.7 Å². The predicted molar refractivity (Wildman–Crippen MR) is 125 cm³/mol. The molecule has 3 amide bonds. The molecule has 3 saturated heterocycles. The van der Waals surface area contributed by atoms with E-state index >= 15 is 0 Å². The lowest BCUT2D eigenvalue weighted by Crippen LogP contribution is -2.59. The second-order valence-corrected chi connectivity index (χ2v) is 12.4. The van der Waals surface area contributed by atoms with Crippen LogP contribution in [0, 0.1) is 23.2 Å². The van der Waals surface area contributed by atoms with E-state index in [4.69, 9.17) is 4.74 Å². The summed E-state index contributed by atoms with van der Waals surface area (Å²) in [7, 11) is 0. The van der Waals surface area contributed by atoms with Gasteiger partial charge in [-0.25, -0.2) is 0 Å². The molecule has 0 radical (unpaired) electrons. The smallest absolute Gasteiger partial charge is 0.246 e. The van der Waals surface area contributed by atoms with Crippen LogP contribution < -0.4 is 10.6 Å². The van der Waals surface area contributed by atoms with Gasteiger partial charge in [-0.15, -0.1) is 0 Å². The van der Waals surface area contributed by atoms with Crippen LogP contribution in [0.2, 0.25) is 0 Å². The Labute approximate surface area is 198 Å². The molecule has 0 aromatic carbocycles. The number of β-amino-alcohol motifs (C(OH)–C–C–N with tert-alkyl or cyclic N) is 1. The molecule has 33 heavy (non-hydrogen) atoms. The molecule has 8 heteroatoms. The standard InChI is InChI=1S/C25H43N3O5/c1-9-10-26-19(30)16-17-21(32)28(11-12-29)18(25(17)13-15(2)24(16,8)33-25)20(31)27-23(6,7)14-22(3,4)5/h15-18,29H,9-14H2,1-8H3,(H,26,30)(H,27,31)/t15?,16-,17-,18?,24+,25?/m0/s1. The van der Waals surface area contributed by atoms with Gasteiger partial charge in [0.25, 0.3) is 0 Å². The molecule has 3 N–H and O–H groups in total. The largest absolute Gasteiger partial charge is 0.395 e. The first kappa shape index (κ1) is 25.9. The maximum Gasteiger partial charge on any atom is 0.246 e. The maximum absolute atomic E-state index is 13.8. The zero-order chi connectivity index (χ0) is 25.0. The van der Waals surface area contributed by atoms with Crippen molar-refractivity contribution in [1.29, 1.82) is 0 Å². The Kier molecular flexibility index (Phi) is 6.70. The Balaban J connectivity index is 2.00. The van der Waals surface area contributed by atoms with Gasteiger partial charge < -0.3 is 25.4 Å². The molecule has 3 heterocycles. The van der Waals surface area contributed by atoms with Crippen molar-refractivity contribution in [2.45, 2.75) is 97.4 Å². The number of aliphatic hydroxyl groups is 1. The number of carbonyl (C=O) groups is 3. The Morgan fingerprint density at radius 3 is 2.39 bits per heavy atom. The molecule has 0 aromatic rings. The summed E-state index contributed by atoms with van der Waals surface area (Å²) in [5.74, 6) is -2.13. The number of aliphatic hydroxyl groups excluding tert-OH is 1. The lowest BCUT2D eigenvalue weighted by Gasteiger charge is -2.38. The van der Waals surface area contributed by atoms with E-state index in [1.807, 2.05) is 34.6 Å². The van der Waals surface area contributed by atoms with E-state index in [0.717, 1.165) is 12.8 Å². The van der Waals surface area contributed by atoms with Crippen LogP contribution in [0.3, 0.4) is 0 Å². The molecule has 3 aliphatic heterocycles. The minimum Gasteiger partial charge on any atom is -0.395 e. The van der Waals surface area contributed by atoms with Gasteiger partial charge in [0.15, 0.2) is 0 Å². The molecule has 2 bridgehead atoms. The number of carbonyl (C=O) groups excluding carboxylic acids is 3. The second kappa shape index (κ2) is 8.52. The number of fused-ring (bicyclic) bond motifs is 1. The number of amides is 3. The van der Waals surface area contributed by atoms with E-state index in [1.54, 1.807) is 0 Å². The van der Waals surface area contributed by atoms with Crippen molar-refractivity contribution in [1.82, 2.24) is 15.5 Å². The third-order valence-corrected chi connectivity index (χ3v) is 7.67. The van der Waals surface area contributed by atoms with Crippen LogP contribution in [0.5, 0.6) is 0 Å². The van der Waals surface area contributed by atoms with Gasteiger partial charge in [0.1, 0.15) is 11.6 Å². The number of likely N-dealkylation sites (tertiary alicyclic amines) is 1. The summed E-state index contributed by atoms with van der Waals surface area (Å²) >= 11 is 0. The zero-order valence-corrected chi connectivity index (χ0v) is 21.6. The van der Waals surface area contributed by atoms with Gasteiger partial charge in [0.05, 0.1) is 24.0 Å². The van der Waals surface area contributed by atoms with E-state index in [0.29, 0.717) is 13.0 Å².